The zero-order valence-electron chi connectivity index (χ0n) is 11.8. The first-order valence-electron chi connectivity index (χ1n) is 6.24. The first-order valence-corrected chi connectivity index (χ1v) is 6.24. The van der Waals surface area contributed by atoms with Crippen molar-refractivity contribution in [1.29, 1.82) is 0 Å². The Labute approximate surface area is 113 Å². The van der Waals surface area contributed by atoms with Gasteiger partial charge in [-0.25, -0.2) is 0 Å². The summed E-state index contributed by atoms with van der Waals surface area (Å²) in [4.78, 5) is 11.4. The molecule has 0 aromatic heterocycles. The second-order valence-corrected chi connectivity index (χ2v) is 4.36. The molecule has 0 fully saturated rings. The van der Waals surface area contributed by atoms with Crippen LogP contribution in [0.5, 0.6) is 11.5 Å². The van der Waals surface area contributed by atoms with Crippen LogP contribution in [0.25, 0.3) is 0 Å². The van der Waals surface area contributed by atoms with Gasteiger partial charge in [-0.05, 0) is 31.0 Å². The molecule has 2 unspecified atom stereocenters. The lowest BCUT2D eigenvalue weighted by Gasteiger charge is -2.20. The number of carboxylic acids is 1. The monoisotopic (exact) mass is 267 g/mol. The molecular weight excluding hydrogens is 246 g/mol. The molecule has 0 saturated heterocycles. The molecule has 2 atom stereocenters. The summed E-state index contributed by atoms with van der Waals surface area (Å²) in [5.41, 5.74) is 0.644. The summed E-state index contributed by atoms with van der Waals surface area (Å²) in [6.07, 6.45) is 0.858. The van der Waals surface area contributed by atoms with Gasteiger partial charge in [0.1, 0.15) is 6.04 Å². The summed E-state index contributed by atoms with van der Waals surface area (Å²) in [7, 11) is 3.07. The second kappa shape index (κ2) is 6.99. The number of hydrogen-bond donors (Lipinski definition) is 2. The normalized spacial score (nSPS) is 13.7. The van der Waals surface area contributed by atoms with Gasteiger partial charge in [0.05, 0.1) is 14.2 Å². The fraction of sp³-hybridized carbons (Fsp3) is 0.500. The minimum absolute atomic E-state index is 0.120. The number of nitrogens with one attached hydrogen (secondary N) is 1. The molecule has 0 aliphatic carbocycles. The molecule has 0 aliphatic rings. The van der Waals surface area contributed by atoms with E-state index in [1.54, 1.807) is 25.3 Å². The minimum Gasteiger partial charge on any atom is -0.493 e. The summed E-state index contributed by atoms with van der Waals surface area (Å²) in [6.45, 7) is 3.96. The van der Waals surface area contributed by atoms with E-state index in [-0.39, 0.29) is 6.04 Å². The maximum atomic E-state index is 11.4. The first-order chi connectivity index (χ1) is 9.03. The van der Waals surface area contributed by atoms with Crippen LogP contribution in [0.3, 0.4) is 0 Å². The average molecular weight is 267 g/mol. The highest BCUT2D eigenvalue weighted by molar-refractivity contribution is 5.76. The van der Waals surface area contributed by atoms with Gasteiger partial charge in [0, 0.05) is 6.04 Å². The summed E-state index contributed by atoms with van der Waals surface area (Å²) in [6, 6.07) is 4.49. The number of rotatable bonds is 7. The van der Waals surface area contributed by atoms with Gasteiger partial charge in [-0.15, -0.1) is 0 Å². The summed E-state index contributed by atoms with van der Waals surface area (Å²) < 4.78 is 10.3. The Kier molecular flexibility index (Phi) is 5.63. The maximum absolute atomic E-state index is 11.4. The average Bonchev–Trinajstić information content (AvgIpc) is 2.43. The van der Waals surface area contributed by atoms with Gasteiger partial charge in [0.2, 0.25) is 0 Å². The molecule has 0 radical (unpaired) electrons. The lowest BCUT2D eigenvalue weighted by Crippen LogP contribution is -2.34. The molecule has 0 heterocycles. The van der Waals surface area contributed by atoms with Crippen molar-refractivity contribution in [3.05, 3.63) is 23.8 Å². The van der Waals surface area contributed by atoms with Crippen LogP contribution >= 0.6 is 0 Å². The molecule has 0 bridgehead atoms. The first kappa shape index (κ1) is 15.3. The Balaban J connectivity index is 3.06. The van der Waals surface area contributed by atoms with Gasteiger partial charge in [-0.2, -0.15) is 0 Å². The van der Waals surface area contributed by atoms with Crippen LogP contribution in [0.15, 0.2) is 18.2 Å². The molecule has 19 heavy (non-hydrogen) atoms. The van der Waals surface area contributed by atoms with Crippen molar-refractivity contribution in [1.82, 2.24) is 5.32 Å². The number of aliphatic carboxylic acids is 1. The quantitative estimate of drug-likeness (QED) is 0.793. The molecule has 1 aromatic carbocycles. The predicted molar refractivity (Wildman–Crippen MR) is 72.8 cm³/mol. The zero-order chi connectivity index (χ0) is 14.4. The van der Waals surface area contributed by atoms with Gasteiger partial charge in [-0.3, -0.25) is 10.1 Å². The Morgan fingerprint density at radius 2 is 1.95 bits per heavy atom. The molecular formula is C14H21NO4. The molecule has 0 spiro atoms. The Morgan fingerprint density at radius 3 is 2.42 bits per heavy atom. The second-order valence-electron chi connectivity index (χ2n) is 4.36. The van der Waals surface area contributed by atoms with Crippen molar-refractivity contribution in [3.63, 3.8) is 0 Å². The third kappa shape index (κ3) is 3.86. The highest BCUT2D eigenvalue weighted by atomic mass is 16.5. The molecule has 0 amide bonds. The molecule has 5 heteroatoms. The summed E-state index contributed by atoms with van der Waals surface area (Å²) in [5.74, 6) is 0.198. The van der Waals surface area contributed by atoms with Crippen molar-refractivity contribution in [2.45, 2.75) is 32.4 Å². The third-order valence-corrected chi connectivity index (χ3v) is 3.05. The van der Waals surface area contributed by atoms with Crippen molar-refractivity contribution >= 4 is 5.97 Å². The van der Waals surface area contributed by atoms with Crippen LogP contribution in [0.4, 0.5) is 0 Å². The smallest absolute Gasteiger partial charge is 0.325 e. The van der Waals surface area contributed by atoms with Crippen molar-refractivity contribution in [3.8, 4) is 11.5 Å². The lowest BCUT2D eigenvalue weighted by atomic mass is 10.0. The van der Waals surface area contributed by atoms with Crippen molar-refractivity contribution in [2.24, 2.45) is 0 Å². The SMILES string of the molecule is CCC(C)NC(C(=O)O)c1ccc(OC)c(OC)c1. The Bertz CT molecular complexity index is 433. The number of ether oxygens (including phenoxy) is 2. The van der Waals surface area contributed by atoms with Crippen LogP contribution in [-0.4, -0.2) is 31.3 Å². The number of benzene rings is 1. The van der Waals surface area contributed by atoms with Gasteiger partial charge < -0.3 is 14.6 Å². The van der Waals surface area contributed by atoms with E-state index in [2.05, 4.69) is 5.32 Å². The third-order valence-electron chi connectivity index (χ3n) is 3.05. The van der Waals surface area contributed by atoms with Crippen LogP contribution in [0, 0.1) is 0 Å². The molecule has 0 saturated carbocycles. The number of methoxy groups -OCH3 is 2. The van der Waals surface area contributed by atoms with Crippen LogP contribution in [-0.2, 0) is 4.79 Å². The predicted octanol–water partition coefficient (Wildman–Crippen LogP) is 2.22. The van der Waals surface area contributed by atoms with E-state index >= 15 is 0 Å². The standard InChI is InChI=1S/C14H21NO4/c1-5-9(2)15-13(14(16)17)10-6-7-11(18-3)12(8-10)19-4/h6-9,13,15H,5H2,1-4H3,(H,16,17). The van der Waals surface area contributed by atoms with E-state index in [9.17, 15) is 9.90 Å². The van der Waals surface area contributed by atoms with Gasteiger partial charge in [0.25, 0.3) is 0 Å². The van der Waals surface area contributed by atoms with E-state index in [0.717, 1.165) is 6.42 Å². The zero-order valence-corrected chi connectivity index (χ0v) is 11.8. The molecule has 106 valence electrons. The Morgan fingerprint density at radius 1 is 1.32 bits per heavy atom. The Hall–Kier alpha value is -1.75. The van der Waals surface area contributed by atoms with Crippen molar-refractivity contribution < 1.29 is 19.4 Å². The van der Waals surface area contributed by atoms with E-state index in [1.807, 2.05) is 13.8 Å². The molecule has 1 aromatic rings. The minimum atomic E-state index is -0.910. The van der Waals surface area contributed by atoms with Gasteiger partial charge >= 0.3 is 5.97 Å². The highest BCUT2D eigenvalue weighted by Gasteiger charge is 2.22. The van der Waals surface area contributed by atoms with E-state index < -0.39 is 12.0 Å². The van der Waals surface area contributed by atoms with Gasteiger partial charge in [0.15, 0.2) is 11.5 Å². The van der Waals surface area contributed by atoms with E-state index in [1.165, 1.54) is 7.11 Å². The van der Waals surface area contributed by atoms with Crippen LogP contribution in [0.2, 0.25) is 0 Å². The molecule has 0 aliphatic heterocycles. The van der Waals surface area contributed by atoms with Crippen LogP contribution in [0.1, 0.15) is 31.9 Å². The van der Waals surface area contributed by atoms with Crippen LogP contribution < -0.4 is 14.8 Å². The summed E-state index contributed by atoms with van der Waals surface area (Å²) in [5, 5.41) is 12.4. The number of carboxylic acid groups (broad SMARTS) is 1. The molecule has 1 rings (SSSR count). The van der Waals surface area contributed by atoms with Crippen molar-refractivity contribution in [2.75, 3.05) is 14.2 Å². The fourth-order valence-corrected chi connectivity index (χ4v) is 1.74. The number of carbonyl (C=O) groups is 1. The fourth-order valence-electron chi connectivity index (χ4n) is 1.74. The summed E-state index contributed by atoms with van der Waals surface area (Å²) >= 11 is 0. The van der Waals surface area contributed by atoms with E-state index in [0.29, 0.717) is 17.1 Å². The molecule has 2 N–H and O–H groups in total. The highest BCUT2D eigenvalue weighted by Crippen LogP contribution is 2.30. The lowest BCUT2D eigenvalue weighted by molar-refractivity contribution is -0.139. The largest absolute Gasteiger partial charge is 0.493 e. The number of hydrogen-bond acceptors (Lipinski definition) is 4. The van der Waals surface area contributed by atoms with E-state index in [4.69, 9.17) is 9.47 Å². The maximum Gasteiger partial charge on any atom is 0.325 e. The van der Waals surface area contributed by atoms with Gasteiger partial charge in [-0.1, -0.05) is 13.0 Å². The molecule has 5 nitrogen and oxygen atoms in total. The topological polar surface area (TPSA) is 67.8 Å².